The van der Waals surface area contributed by atoms with Gasteiger partial charge in [-0.25, -0.2) is 9.59 Å². The molecule has 0 aliphatic carbocycles. The number of benzene rings is 9. The summed E-state index contributed by atoms with van der Waals surface area (Å²) in [6, 6.07) is 47.8. The molecular weight excluding hydrogens is 2040 g/mol. The van der Waals surface area contributed by atoms with Gasteiger partial charge >= 0.3 is 62.4 Å². The maximum atomic E-state index is 13.2. The zero-order valence-electron chi connectivity index (χ0n) is 57.3. The van der Waals surface area contributed by atoms with Gasteiger partial charge in [-0.2, -0.15) is 0 Å². The van der Waals surface area contributed by atoms with E-state index in [1.165, 1.54) is 7.11 Å². The van der Waals surface area contributed by atoms with Crippen molar-refractivity contribution < 1.29 is 76.6 Å². The summed E-state index contributed by atoms with van der Waals surface area (Å²) in [7, 11) is 1.28. The van der Waals surface area contributed by atoms with Crippen molar-refractivity contribution in [3.05, 3.63) is 179 Å². The number of carbonyl (C=O) groups excluding carboxylic acids is 4. The summed E-state index contributed by atoms with van der Waals surface area (Å²) >= 11 is 9.54. The Morgan fingerprint density at radius 2 is 0.710 bits per heavy atom. The van der Waals surface area contributed by atoms with Crippen LogP contribution in [0.2, 0.25) is 0 Å². The normalized spacial score (nSPS) is 26.1. The number of ether oxygens (including phenoxy) is 4. The van der Waals surface area contributed by atoms with Crippen LogP contribution in [0.15, 0.2) is 146 Å². The summed E-state index contributed by atoms with van der Waals surface area (Å²) in [6.45, 7) is 8.59. The quantitative estimate of drug-likeness (QED) is 0.0628. The van der Waals surface area contributed by atoms with Crippen LogP contribution in [0.25, 0.3) is 131 Å². The van der Waals surface area contributed by atoms with Crippen LogP contribution in [-0.2, 0) is 65.3 Å². The van der Waals surface area contributed by atoms with Gasteiger partial charge in [-0.05, 0) is 80.8 Å². The molecule has 24 rings (SSSR count). The van der Waals surface area contributed by atoms with Gasteiger partial charge in [0.05, 0.1) is 90.0 Å². The van der Waals surface area contributed by atoms with Crippen molar-refractivity contribution >= 4 is 259 Å². The van der Waals surface area contributed by atoms with E-state index in [1.807, 2.05) is 149 Å². The number of carboxylic acids is 1. The minimum absolute atomic E-state index is 0. The van der Waals surface area contributed by atoms with Gasteiger partial charge in [0.15, 0.2) is 17.2 Å². The van der Waals surface area contributed by atoms with Gasteiger partial charge in [0.1, 0.15) is 24.3 Å². The number of nitrogens with one attached hydrogen (secondary N) is 3. The Hall–Kier alpha value is -6.73. The summed E-state index contributed by atoms with van der Waals surface area (Å²) in [4.78, 5) is 65.2. The first-order chi connectivity index (χ1) is 51.1. The van der Waals surface area contributed by atoms with Gasteiger partial charge < -0.3 is 82.7 Å². The molecule has 28 heteroatoms. The van der Waals surface area contributed by atoms with Crippen LogP contribution in [0, 0.1) is 0 Å². The number of aliphatic hydroxyl groups is 3. The van der Waals surface area contributed by atoms with Crippen molar-refractivity contribution in [3.8, 4) is 0 Å². The Labute approximate surface area is 676 Å². The van der Waals surface area contributed by atoms with Gasteiger partial charge in [-0.1, -0.05) is 109 Å². The Morgan fingerprint density at radius 3 is 1.04 bits per heavy atom. The molecule has 3 amide bonds. The third-order valence-corrected chi connectivity index (χ3v) is 24.7. The van der Waals surface area contributed by atoms with E-state index in [1.54, 1.807) is 13.8 Å². The second-order valence-corrected chi connectivity index (χ2v) is 45.5. The molecule has 6 bridgehead atoms. The molecule has 15 heterocycles. The van der Waals surface area contributed by atoms with Crippen molar-refractivity contribution in [1.29, 1.82) is 0 Å². The average Bonchev–Trinajstić information content (AvgIpc) is 1.51. The molecule has 22 nitrogen and oxygen atoms in total. The Bertz CT molecular complexity index is 6650. The number of carbonyl (C=O) groups is 5. The molecule has 0 unspecified atom stereocenters. The number of aromatic nitrogens is 6. The number of methoxy groups -OCH3 is 1. The monoisotopic (exact) mass is 2110 g/mol. The topological polar surface area (TPSA) is 269 Å². The number of halogens is 6. The molecule has 6 aromatic heterocycles. The molecule has 0 radical (unpaired) electrons. The van der Waals surface area contributed by atoms with Crippen LogP contribution in [0.3, 0.4) is 0 Å². The Kier molecular flexibility index (Phi) is 15.9. The van der Waals surface area contributed by atoms with Gasteiger partial charge in [-0.15, -0.1) is 24.0 Å². The molecule has 7 N–H and O–H groups in total. The third-order valence-electron chi connectivity index (χ3n) is 24.7. The first-order valence-corrected chi connectivity index (χ1v) is 53.4. The first kappa shape index (κ1) is 70.6. The van der Waals surface area contributed by atoms with Crippen molar-refractivity contribution in [2.45, 2.75) is 119 Å². The van der Waals surface area contributed by atoms with E-state index in [4.69, 9.17) is 18.9 Å². The zero-order valence-corrected chi connectivity index (χ0v) is 70.4. The number of esters is 1. The van der Waals surface area contributed by atoms with Gasteiger partial charge in [0.25, 0.3) is 17.7 Å². The van der Waals surface area contributed by atoms with Crippen molar-refractivity contribution in [3.63, 3.8) is 0 Å². The molecule has 9 aliphatic heterocycles. The fraction of sp³-hybridized carbons (Fsp3) is 0.253. The number of hydrogen-bond donors (Lipinski definition) is 7. The van der Waals surface area contributed by atoms with Crippen molar-refractivity contribution in [2.24, 2.45) is 0 Å². The van der Waals surface area contributed by atoms with Crippen molar-refractivity contribution in [1.82, 2.24) is 43.4 Å². The number of para-hydroxylation sites is 6. The molecule has 15 aromatic rings. The van der Waals surface area contributed by atoms with E-state index in [0.717, 1.165) is 153 Å². The molecule has 544 valence electrons. The minimum atomic E-state index is -2.16. The fourth-order valence-electron chi connectivity index (χ4n) is 20.2. The number of fused-ring (bicyclic) bond motifs is 39. The summed E-state index contributed by atoms with van der Waals surface area (Å²) in [5.41, 5.74) is 6.64. The first-order valence-electron chi connectivity index (χ1n) is 34.5. The predicted octanol–water partition coefficient (Wildman–Crippen LogP) is 12.9. The molecule has 107 heavy (non-hydrogen) atoms. The van der Waals surface area contributed by atoms with E-state index >= 15 is 0 Å². The number of carboxylic acid groups (broad SMARTS) is 1. The molecule has 0 spiro atoms. The molecular formula is C79H62I6N9O13-. The van der Waals surface area contributed by atoms with E-state index < -0.39 is 58.4 Å². The van der Waals surface area contributed by atoms with Crippen LogP contribution in [0.1, 0.15) is 113 Å². The van der Waals surface area contributed by atoms with Gasteiger partial charge in [-0.3, -0.25) is 14.4 Å². The summed E-state index contributed by atoms with van der Waals surface area (Å²) in [5.74, 6) is -2.27. The van der Waals surface area contributed by atoms with Crippen LogP contribution in [0.5, 0.6) is 0 Å². The van der Waals surface area contributed by atoms with Crippen LogP contribution in [-0.4, -0.2) is 101 Å². The Morgan fingerprint density at radius 1 is 0.439 bits per heavy atom. The van der Waals surface area contributed by atoms with E-state index in [9.17, 15) is 44.4 Å². The standard InChI is InChI=1S/C27H21N3O5.C26H19N3O5.C26H21N3O3.I3.I2.HI/c1-26-27(33,25(32)34-2)11-18(35-26)29-16-9-5-3-7-13(16)20-21-15(12-28-24(21)31)19-14-8-4-6-10-17(14)30(26)23(19)22(20)29;1-25-26(33,24(31)32)10-17(34-25)28-15-8-4-2-6-12(15)19-20-14(11-27-23(20)30)18-13-7-3-5-9-16(13)29(25)22(18)21(19)28;1-25(31)11-18-28-16-9-5-3-7-13(16)20-21-15(12-27-24(21)30)19-14-8-4-6-10-17(14)29(23(19)22(20)28)26(25,2)32-18;1-3-2;1-2;/h3-10,18,33H,11-12H2,1-2H3,(H,28,31);2-9,17,33H,10-11H2,1H3,(H,27,30)(H,31,32);3-10,18,31H,11-12H2,1-2H3,(H,27,30);;;1H/q;;;-1;;/t18-,26+,27+;17-,25+,26+;18-,25-,26+;;;/m111.../s1. The summed E-state index contributed by atoms with van der Waals surface area (Å²) < 4.78 is 37.4. The predicted molar refractivity (Wildman–Crippen MR) is 448 cm³/mol. The zero-order chi connectivity index (χ0) is 73.3. The van der Waals surface area contributed by atoms with E-state index in [0.29, 0.717) is 50.4 Å². The number of rotatable bonds is 2. The second-order valence-electron chi connectivity index (χ2n) is 29.3. The average molecular weight is 2110 g/mol. The molecule has 0 saturated carbocycles. The number of amides is 3. The number of aliphatic carboxylic acids is 1. The summed E-state index contributed by atoms with van der Waals surface area (Å²) in [6.07, 6.45) is -1.34. The molecule has 9 atom stereocenters. The maximum absolute atomic E-state index is 13.2. The SMILES string of the molecule is COC(=O)[C@@]1(O)C[C@H]2O[C@]1(C)n1c3ccccc3c3c4c(c5c6ccccc6n2c5c31)C(=O)NC4.C[C@@]1(O)C[C@H]2O[C@]1(C)n1c3ccccc3c3c4c(c5c6ccccc6n2c5c31)C(=O)NC4.C[C@]12O[C@H](C[C@]1(O)C(=O)O)n1c3ccccc3c3c4c(c5c6ccccc6n2c5c31)CNC4=O.I.II.I[I-]I. The molecule has 9 aliphatic rings. The second kappa shape index (κ2) is 24.1. The van der Waals surface area contributed by atoms with E-state index in [-0.39, 0.29) is 60.8 Å². The Balaban J connectivity index is 0.000000106. The van der Waals surface area contributed by atoms with Crippen LogP contribution >= 0.6 is 98.4 Å². The van der Waals surface area contributed by atoms with Crippen LogP contribution in [0.4, 0.5) is 0 Å². The van der Waals surface area contributed by atoms with Gasteiger partial charge in [0.2, 0.25) is 11.2 Å². The molecule has 3 fully saturated rings. The third kappa shape index (κ3) is 8.56. The number of nitrogens with zero attached hydrogens (tertiary/aromatic N) is 6. The van der Waals surface area contributed by atoms with Crippen LogP contribution < -0.4 is 29.2 Å². The van der Waals surface area contributed by atoms with Gasteiger partial charge in [0, 0.05) is 141 Å². The summed E-state index contributed by atoms with van der Waals surface area (Å²) in [5, 5.41) is 66.1. The number of hydrogen-bond acceptors (Lipinski definition) is 12. The molecule has 9 aromatic carbocycles. The fourth-order valence-corrected chi connectivity index (χ4v) is 20.2. The van der Waals surface area contributed by atoms with E-state index in [2.05, 4.69) is 128 Å². The molecule has 3 saturated heterocycles. The van der Waals surface area contributed by atoms with Crippen molar-refractivity contribution in [2.75, 3.05) is 7.11 Å².